The molecule has 0 amide bonds. The fourth-order valence-corrected chi connectivity index (χ4v) is 3.59. The van der Waals surface area contributed by atoms with Crippen molar-refractivity contribution >= 4 is 0 Å². The molecule has 1 aliphatic rings. The van der Waals surface area contributed by atoms with Gasteiger partial charge < -0.3 is 29.9 Å². The average molecular weight is 424 g/mol. The molecule has 2 heterocycles. The number of benzene rings is 1. The standard InChI is InChI=1S/C21H29FN2O6/c1-10(2)24-12(4)14(8-13-6-5-11(3)7-15(13)22)20(23-24)30-21-19(28)18(27)17(26)16(9-25)29-21/h5-7,10,16-19,21,25-28H,8-9H2,1-4H3/t16-,17-,18+,19-,21+/m1/s1. The zero-order valence-corrected chi connectivity index (χ0v) is 17.5. The molecule has 3 rings (SSSR count). The maximum absolute atomic E-state index is 14.5. The van der Waals surface area contributed by atoms with Gasteiger partial charge in [0.25, 0.3) is 0 Å². The lowest BCUT2D eigenvalue weighted by Crippen LogP contribution is -2.60. The highest BCUT2D eigenvalue weighted by Gasteiger charge is 2.45. The second kappa shape index (κ2) is 8.99. The van der Waals surface area contributed by atoms with Crippen LogP contribution in [0.25, 0.3) is 0 Å². The normalized spacial score (nSPS) is 26.9. The summed E-state index contributed by atoms with van der Waals surface area (Å²) in [6.45, 7) is 6.96. The molecular weight excluding hydrogens is 395 g/mol. The zero-order chi connectivity index (χ0) is 22.2. The van der Waals surface area contributed by atoms with Gasteiger partial charge in [-0.25, -0.2) is 4.39 Å². The van der Waals surface area contributed by atoms with E-state index in [1.165, 1.54) is 6.07 Å². The monoisotopic (exact) mass is 424 g/mol. The minimum Gasteiger partial charge on any atom is -0.443 e. The second-order valence-electron chi connectivity index (χ2n) is 7.99. The predicted octanol–water partition coefficient (Wildman–Crippen LogP) is 0.989. The molecule has 1 fully saturated rings. The molecule has 0 unspecified atom stereocenters. The Balaban J connectivity index is 1.94. The van der Waals surface area contributed by atoms with Crippen LogP contribution in [0.1, 0.15) is 42.3 Å². The van der Waals surface area contributed by atoms with Crippen LogP contribution in [0, 0.1) is 19.7 Å². The van der Waals surface area contributed by atoms with E-state index in [1.54, 1.807) is 10.7 Å². The molecule has 1 saturated heterocycles. The number of nitrogens with zero attached hydrogens (tertiary/aromatic N) is 2. The molecule has 166 valence electrons. The molecule has 1 aromatic carbocycles. The van der Waals surface area contributed by atoms with Gasteiger partial charge in [0.2, 0.25) is 12.2 Å². The van der Waals surface area contributed by atoms with Crippen molar-refractivity contribution in [1.29, 1.82) is 0 Å². The van der Waals surface area contributed by atoms with E-state index in [0.717, 1.165) is 11.3 Å². The summed E-state index contributed by atoms with van der Waals surface area (Å²) in [6.07, 6.45) is -6.86. The highest BCUT2D eigenvalue weighted by atomic mass is 19.1. The molecule has 2 aromatic rings. The molecule has 0 bridgehead atoms. The Bertz CT molecular complexity index is 885. The summed E-state index contributed by atoms with van der Waals surface area (Å²) in [5, 5.41) is 44.1. The number of aliphatic hydroxyl groups excluding tert-OH is 4. The molecule has 0 saturated carbocycles. The highest BCUT2D eigenvalue weighted by Crippen LogP contribution is 2.31. The van der Waals surface area contributed by atoms with Crippen molar-refractivity contribution in [3.63, 3.8) is 0 Å². The maximum atomic E-state index is 14.5. The smallest absolute Gasteiger partial charge is 0.239 e. The summed E-state index contributed by atoms with van der Waals surface area (Å²) in [4.78, 5) is 0. The number of hydrogen-bond acceptors (Lipinski definition) is 7. The van der Waals surface area contributed by atoms with Crippen molar-refractivity contribution in [2.24, 2.45) is 0 Å². The van der Waals surface area contributed by atoms with Gasteiger partial charge in [0.05, 0.1) is 6.61 Å². The van der Waals surface area contributed by atoms with Crippen molar-refractivity contribution in [3.8, 4) is 5.88 Å². The van der Waals surface area contributed by atoms with E-state index in [1.807, 2.05) is 33.8 Å². The minimum atomic E-state index is -1.56. The van der Waals surface area contributed by atoms with Crippen LogP contribution in [-0.2, 0) is 11.2 Å². The summed E-state index contributed by atoms with van der Waals surface area (Å²) in [7, 11) is 0. The van der Waals surface area contributed by atoms with Crippen LogP contribution < -0.4 is 4.74 Å². The molecule has 0 aliphatic carbocycles. The third-order valence-electron chi connectivity index (χ3n) is 5.38. The average Bonchev–Trinajstić information content (AvgIpc) is 3.00. The molecule has 1 aromatic heterocycles. The van der Waals surface area contributed by atoms with Crippen LogP contribution in [0.15, 0.2) is 18.2 Å². The first kappa shape index (κ1) is 22.6. The van der Waals surface area contributed by atoms with Crippen molar-refractivity contribution in [2.75, 3.05) is 6.61 Å². The Morgan fingerprint density at radius 3 is 2.47 bits per heavy atom. The third-order valence-corrected chi connectivity index (χ3v) is 5.38. The summed E-state index contributed by atoms with van der Waals surface area (Å²) in [5.74, 6) is -0.212. The maximum Gasteiger partial charge on any atom is 0.239 e. The lowest BCUT2D eigenvalue weighted by Gasteiger charge is -2.39. The number of aliphatic hydroxyl groups is 4. The van der Waals surface area contributed by atoms with Crippen LogP contribution in [0.2, 0.25) is 0 Å². The fraction of sp³-hybridized carbons (Fsp3) is 0.571. The molecule has 9 heteroatoms. The summed E-state index contributed by atoms with van der Waals surface area (Å²) < 4.78 is 27.4. The highest BCUT2D eigenvalue weighted by molar-refractivity contribution is 5.38. The molecule has 1 aliphatic heterocycles. The Labute approximate surface area is 174 Å². The van der Waals surface area contributed by atoms with E-state index in [2.05, 4.69) is 5.10 Å². The lowest BCUT2D eigenvalue weighted by atomic mass is 9.99. The zero-order valence-electron chi connectivity index (χ0n) is 17.5. The van der Waals surface area contributed by atoms with Gasteiger partial charge in [0.15, 0.2) is 0 Å². The number of hydrogen-bond donors (Lipinski definition) is 4. The number of halogens is 1. The first-order valence-electron chi connectivity index (χ1n) is 9.94. The number of aromatic nitrogens is 2. The van der Waals surface area contributed by atoms with Gasteiger partial charge in [-0.15, -0.1) is 5.10 Å². The van der Waals surface area contributed by atoms with Gasteiger partial charge in [-0.05, 0) is 44.9 Å². The molecular formula is C21H29FN2O6. The fourth-order valence-electron chi connectivity index (χ4n) is 3.59. The lowest BCUT2D eigenvalue weighted by molar-refractivity contribution is -0.278. The SMILES string of the molecule is Cc1ccc(Cc2c(O[C@@H]3O[C@H](CO)[C@@H](O)[C@H](O)[C@H]3O)nn(C(C)C)c2C)c(F)c1. The Kier molecular flexibility index (Phi) is 6.78. The Hall–Kier alpha value is -2.04. The van der Waals surface area contributed by atoms with Crippen LogP contribution in [0.4, 0.5) is 4.39 Å². The van der Waals surface area contributed by atoms with Gasteiger partial charge in [-0.3, -0.25) is 4.68 Å². The van der Waals surface area contributed by atoms with Crippen molar-refractivity contribution in [2.45, 2.75) is 70.9 Å². The van der Waals surface area contributed by atoms with E-state index in [4.69, 9.17) is 9.47 Å². The summed E-state index contributed by atoms with van der Waals surface area (Å²) >= 11 is 0. The molecule has 0 radical (unpaired) electrons. The third kappa shape index (κ3) is 4.35. The number of ether oxygens (including phenoxy) is 2. The predicted molar refractivity (Wildman–Crippen MR) is 106 cm³/mol. The topological polar surface area (TPSA) is 117 Å². The van der Waals surface area contributed by atoms with E-state index in [-0.39, 0.29) is 24.2 Å². The van der Waals surface area contributed by atoms with Gasteiger partial charge in [-0.2, -0.15) is 0 Å². The van der Waals surface area contributed by atoms with Crippen LogP contribution >= 0.6 is 0 Å². The minimum absolute atomic E-state index is 0.00114. The first-order valence-corrected chi connectivity index (χ1v) is 9.94. The first-order chi connectivity index (χ1) is 14.1. The van der Waals surface area contributed by atoms with E-state index in [9.17, 15) is 24.8 Å². The van der Waals surface area contributed by atoms with Gasteiger partial charge in [0, 0.05) is 23.7 Å². The molecule has 4 N–H and O–H groups in total. The van der Waals surface area contributed by atoms with Crippen molar-refractivity contribution < 1.29 is 34.3 Å². The van der Waals surface area contributed by atoms with Crippen LogP contribution in [0.5, 0.6) is 5.88 Å². The second-order valence-corrected chi connectivity index (χ2v) is 7.99. The number of aryl methyl sites for hydroxylation is 1. The Morgan fingerprint density at radius 1 is 1.17 bits per heavy atom. The van der Waals surface area contributed by atoms with Gasteiger partial charge >= 0.3 is 0 Å². The molecule has 0 spiro atoms. The van der Waals surface area contributed by atoms with Crippen molar-refractivity contribution in [1.82, 2.24) is 9.78 Å². The molecule has 8 nitrogen and oxygen atoms in total. The van der Waals surface area contributed by atoms with Crippen LogP contribution in [-0.4, -0.2) is 67.5 Å². The van der Waals surface area contributed by atoms with E-state index in [0.29, 0.717) is 11.1 Å². The Morgan fingerprint density at radius 2 is 1.87 bits per heavy atom. The van der Waals surface area contributed by atoms with Crippen LogP contribution in [0.3, 0.4) is 0 Å². The van der Waals surface area contributed by atoms with Gasteiger partial charge in [0.1, 0.15) is 30.2 Å². The largest absolute Gasteiger partial charge is 0.443 e. The van der Waals surface area contributed by atoms with E-state index >= 15 is 0 Å². The summed E-state index contributed by atoms with van der Waals surface area (Å²) in [6, 6.07) is 4.97. The number of rotatable bonds is 6. The summed E-state index contributed by atoms with van der Waals surface area (Å²) in [5.41, 5.74) is 2.65. The molecule has 30 heavy (non-hydrogen) atoms. The quantitative estimate of drug-likeness (QED) is 0.546. The molecule has 5 atom stereocenters. The van der Waals surface area contributed by atoms with Crippen molar-refractivity contribution in [3.05, 3.63) is 46.4 Å². The van der Waals surface area contributed by atoms with E-state index < -0.39 is 37.3 Å². The van der Waals surface area contributed by atoms with Gasteiger partial charge in [-0.1, -0.05) is 12.1 Å².